The lowest BCUT2D eigenvalue weighted by Crippen LogP contribution is -2.40. The van der Waals surface area contributed by atoms with Gasteiger partial charge in [-0.15, -0.1) is 0 Å². The minimum absolute atomic E-state index is 0.149. The number of nitrogen functional groups attached to an aromatic ring is 1. The number of imidazole rings is 1. The van der Waals surface area contributed by atoms with E-state index in [-0.39, 0.29) is 18.5 Å². The number of nitrogens with two attached hydrogens (primary N) is 1. The van der Waals surface area contributed by atoms with Crippen LogP contribution < -0.4 is 15.3 Å². The van der Waals surface area contributed by atoms with Crippen LogP contribution in [0.2, 0.25) is 0 Å². The van der Waals surface area contributed by atoms with Gasteiger partial charge in [0, 0.05) is 13.2 Å². The van der Waals surface area contributed by atoms with Gasteiger partial charge in [-0.3, -0.25) is 4.57 Å². The van der Waals surface area contributed by atoms with Crippen LogP contribution >= 0.6 is 7.52 Å². The van der Waals surface area contributed by atoms with Crippen molar-refractivity contribution in [2.45, 2.75) is 51.7 Å². The molecule has 184 valence electrons. The van der Waals surface area contributed by atoms with Crippen LogP contribution in [0.5, 0.6) is 5.75 Å². The predicted molar refractivity (Wildman–Crippen MR) is 127 cm³/mol. The van der Waals surface area contributed by atoms with Gasteiger partial charge in [0.05, 0.1) is 25.0 Å². The summed E-state index contributed by atoms with van der Waals surface area (Å²) in [5, 5.41) is 3.09. The fourth-order valence-electron chi connectivity index (χ4n) is 3.64. The average molecular weight is 491 g/mol. The van der Waals surface area contributed by atoms with E-state index in [9.17, 15) is 4.57 Å². The van der Waals surface area contributed by atoms with Gasteiger partial charge in [-0.2, -0.15) is 0 Å². The highest BCUT2D eigenvalue weighted by atomic mass is 31.2. The summed E-state index contributed by atoms with van der Waals surface area (Å²) in [4.78, 5) is 12.5. The number of hydrogen-bond donors (Lipinski definition) is 2. The van der Waals surface area contributed by atoms with E-state index in [2.05, 4.69) is 20.0 Å². The number of rotatable bonds is 10. The zero-order chi connectivity index (χ0) is 24.0. The standard InChI is InChI=1S/C22H31N6O5P/c1-16(12-28-14-26-19-20(23)24-13-25-21(19)28)32-15-34(29,33-18-8-4-3-5-9-18)27-17(2)22-30-10-6-7-11-31-22/h3-5,8-9,13-14,16-17,22H,6-7,10-12,15H2,1-2H3,(H,27,29)(H2,23,24,25)/t16-,17-,34+/m1/s1. The smallest absolute Gasteiger partial charge is 0.342 e. The molecular formula is C22H31N6O5P. The van der Waals surface area contributed by atoms with Crippen LogP contribution in [-0.2, 0) is 25.3 Å². The Kier molecular flexibility index (Phi) is 8.12. The van der Waals surface area contributed by atoms with Crippen LogP contribution in [0.1, 0.15) is 26.7 Å². The van der Waals surface area contributed by atoms with Gasteiger partial charge in [-0.05, 0) is 38.8 Å². The van der Waals surface area contributed by atoms with E-state index >= 15 is 0 Å². The molecule has 4 rings (SSSR count). The molecule has 34 heavy (non-hydrogen) atoms. The van der Waals surface area contributed by atoms with E-state index in [0.29, 0.717) is 42.5 Å². The Morgan fingerprint density at radius 3 is 2.65 bits per heavy atom. The fourth-order valence-corrected chi connectivity index (χ4v) is 5.48. The van der Waals surface area contributed by atoms with Gasteiger partial charge in [0.2, 0.25) is 0 Å². The number of aromatic nitrogens is 4. The number of para-hydroxylation sites is 1. The number of fused-ring (bicyclic) bond motifs is 1. The molecular weight excluding hydrogens is 459 g/mol. The average Bonchev–Trinajstić information content (AvgIpc) is 3.04. The van der Waals surface area contributed by atoms with Crippen LogP contribution in [0.3, 0.4) is 0 Å². The number of nitrogens with zero attached hydrogens (tertiary/aromatic N) is 4. The molecule has 0 aliphatic carbocycles. The normalized spacial score (nSPS) is 18.8. The first-order valence-electron chi connectivity index (χ1n) is 11.3. The van der Waals surface area contributed by atoms with Gasteiger partial charge < -0.3 is 29.0 Å². The Morgan fingerprint density at radius 2 is 1.91 bits per heavy atom. The SMILES string of the molecule is C[C@H](Cn1cnc2c(N)ncnc21)OC[P@@](=O)(N[C@H](C)C1OCCCCO1)Oc1ccccc1. The van der Waals surface area contributed by atoms with E-state index < -0.39 is 13.8 Å². The first-order valence-corrected chi connectivity index (χ1v) is 13.1. The van der Waals surface area contributed by atoms with E-state index in [4.69, 9.17) is 24.5 Å². The van der Waals surface area contributed by atoms with Gasteiger partial charge >= 0.3 is 7.52 Å². The summed E-state index contributed by atoms with van der Waals surface area (Å²) in [6.07, 6.45) is 3.91. The molecule has 1 aliphatic rings. The third kappa shape index (κ3) is 6.31. The lowest BCUT2D eigenvalue weighted by atomic mass is 10.3. The van der Waals surface area contributed by atoms with Gasteiger partial charge in [-0.25, -0.2) is 20.0 Å². The second-order valence-electron chi connectivity index (χ2n) is 8.25. The molecule has 0 radical (unpaired) electrons. The molecule has 0 amide bonds. The third-order valence-electron chi connectivity index (χ3n) is 5.32. The number of anilines is 1. The number of hydrogen-bond acceptors (Lipinski definition) is 9. The minimum atomic E-state index is -3.48. The summed E-state index contributed by atoms with van der Waals surface area (Å²) >= 11 is 0. The predicted octanol–water partition coefficient (Wildman–Crippen LogP) is 3.17. The maximum Gasteiger partial charge on any atom is 0.342 e. The van der Waals surface area contributed by atoms with Crippen LogP contribution in [-0.4, -0.2) is 57.5 Å². The zero-order valence-electron chi connectivity index (χ0n) is 19.4. The van der Waals surface area contributed by atoms with Crippen LogP contribution in [0, 0.1) is 0 Å². The molecule has 3 atom stereocenters. The monoisotopic (exact) mass is 490 g/mol. The Morgan fingerprint density at radius 1 is 1.18 bits per heavy atom. The largest absolute Gasteiger partial charge is 0.431 e. The van der Waals surface area contributed by atoms with Crippen molar-refractivity contribution < 1.29 is 23.3 Å². The maximum atomic E-state index is 13.9. The number of benzene rings is 1. The molecule has 1 aliphatic heterocycles. The van der Waals surface area contributed by atoms with Crippen molar-refractivity contribution >= 4 is 24.5 Å². The van der Waals surface area contributed by atoms with Crippen LogP contribution in [0.25, 0.3) is 11.2 Å². The molecule has 11 nitrogen and oxygen atoms in total. The Bertz CT molecular complexity index is 1110. The summed E-state index contributed by atoms with van der Waals surface area (Å²) in [5.41, 5.74) is 7.01. The molecule has 3 N–H and O–H groups in total. The molecule has 2 aromatic heterocycles. The van der Waals surface area contributed by atoms with Gasteiger partial charge in [0.15, 0.2) is 17.8 Å². The maximum absolute atomic E-state index is 13.9. The van der Waals surface area contributed by atoms with E-state index in [1.165, 1.54) is 6.33 Å². The first kappa shape index (κ1) is 24.6. The highest BCUT2D eigenvalue weighted by molar-refractivity contribution is 7.57. The molecule has 3 heterocycles. The minimum Gasteiger partial charge on any atom is -0.431 e. The van der Waals surface area contributed by atoms with Gasteiger partial charge in [0.1, 0.15) is 23.9 Å². The summed E-state index contributed by atoms with van der Waals surface area (Å²) in [6, 6.07) is 8.64. The highest BCUT2D eigenvalue weighted by Gasteiger charge is 2.33. The summed E-state index contributed by atoms with van der Waals surface area (Å²) in [7, 11) is -3.48. The van der Waals surface area contributed by atoms with Crippen molar-refractivity contribution in [3.05, 3.63) is 43.0 Å². The van der Waals surface area contributed by atoms with Crippen molar-refractivity contribution in [1.82, 2.24) is 24.6 Å². The van der Waals surface area contributed by atoms with Crippen molar-refractivity contribution in [2.75, 3.05) is 25.3 Å². The van der Waals surface area contributed by atoms with Crippen molar-refractivity contribution in [3.63, 3.8) is 0 Å². The Labute approximate surface area is 198 Å². The van der Waals surface area contributed by atoms with E-state index in [0.717, 1.165) is 12.8 Å². The molecule has 1 aromatic carbocycles. The zero-order valence-corrected chi connectivity index (χ0v) is 20.3. The van der Waals surface area contributed by atoms with Crippen LogP contribution in [0.15, 0.2) is 43.0 Å². The second-order valence-corrected chi connectivity index (χ2v) is 10.3. The van der Waals surface area contributed by atoms with Crippen LogP contribution in [0.4, 0.5) is 5.82 Å². The second kappa shape index (κ2) is 11.2. The molecule has 3 aromatic rings. The summed E-state index contributed by atoms with van der Waals surface area (Å²) in [5.74, 6) is 0.802. The quantitative estimate of drug-likeness (QED) is 0.408. The highest BCUT2D eigenvalue weighted by Crippen LogP contribution is 2.44. The molecule has 12 heteroatoms. The van der Waals surface area contributed by atoms with Gasteiger partial charge in [0.25, 0.3) is 0 Å². The Hall–Kier alpha value is -2.56. The number of nitrogens with one attached hydrogen (secondary N) is 1. The number of ether oxygens (including phenoxy) is 3. The summed E-state index contributed by atoms with van der Waals surface area (Å²) < 4.78 is 39.1. The lowest BCUT2D eigenvalue weighted by Gasteiger charge is -2.29. The summed E-state index contributed by atoms with van der Waals surface area (Å²) in [6.45, 7) is 5.37. The molecule has 0 bridgehead atoms. The molecule has 0 unspecified atom stereocenters. The van der Waals surface area contributed by atoms with E-state index in [1.54, 1.807) is 18.5 Å². The molecule has 0 saturated carbocycles. The molecule has 1 fully saturated rings. The fraction of sp³-hybridized carbons (Fsp3) is 0.500. The molecule has 0 spiro atoms. The topological polar surface area (TPSA) is 136 Å². The van der Waals surface area contributed by atoms with Crippen molar-refractivity contribution in [3.8, 4) is 5.75 Å². The van der Waals surface area contributed by atoms with E-state index in [1.807, 2.05) is 36.6 Å². The van der Waals surface area contributed by atoms with Crippen molar-refractivity contribution in [2.24, 2.45) is 0 Å². The van der Waals surface area contributed by atoms with Crippen molar-refractivity contribution in [1.29, 1.82) is 0 Å². The third-order valence-corrected chi connectivity index (χ3v) is 7.12. The lowest BCUT2D eigenvalue weighted by molar-refractivity contribution is -0.138. The van der Waals surface area contributed by atoms with Gasteiger partial charge in [-0.1, -0.05) is 18.2 Å². The molecule has 1 saturated heterocycles. The first-order chi connectivity index (χ1) is 16.4. The Balaban J connectivity index is 1.43.